The fourth-order valence-corrected chi connectivity index (χ4v) is 4.42. The van der Waals surface area contributed by atoms with Gasteiger partial charge in [0, 0.05) is 40.1 Å². The quantitative estimate of drug-likeness (QED) is 0.0915. The molecule has 0 spiro atoms. The van der Waals surface area contributed by atoms with Crippen LogP contribution in [0.1, 0.15) is 33.6 Å². The van der Waals surface area contributed by atoms with E-state index < -0.39 is 22.4 Å². The Morgan fingerprint density at radius 1 is 1.21 bits per heavy atom. The molecule has 0 aliphatic rings. The van der Waals surface area contributed by atoms with Gasteiger partial charge in [0.15, 0.2) is 5.78 Å². The van der Waals surface area contributed by atoms with Crippen molar-refractivity contribution in [1.29, 1.82) is 0 Å². The zero-order valence-corrected chi connectivity index (χ0v) is 22.0. The van der Waals surface area contributed by atoms with Crippen LogP contribution in [0.3, 0.4) is 0 Å². The van der Waals surface area contributed by atoms with Gasteiger partial charge in [0.2, 0.25) is 0 Å². The standard InChI is InChI=1S/C23H25ClN4O9S/c1-14-17(10-13-36-26-23(30)27(38(33)34)11-3-12-37-28(31)32)20-18(25-14)8-9-19(35-2)21(20)22(29)15-4-6-16(24)7-5-15/h4-9,25H,3,10-13H2,1-2H3,(H,26,30)(H,33,34). The van der Waals surface area contributed by atoms with E-state index in [1.807, 2.05) is 6.92 Å². The maximum atomic E-state index is 13.5. The summed E-state index contributed by atoms with van der Waals surface area (Å²) < 4.78 is 26.8. The molecule has 15 heteroatoms. The van der Waals surface area contributed by atoms with E-state index >= 15 is 0 Å². The largest absolute Gasteiger partial charge is 0.496 e. The van der Waals surface area contributed by atoms with Crippen molar-refractivity contribution in [2.24, 2.45) is 0 Å². The second-order valence-electron chi connectivity index (χ2n) is 7.88. The Bertz CT molecular complexity index is 1350. The van der Waals surface area contributed by atoms with Gasteiger partial charge in [-0.25, -0.2) is 18.8 Å². The molecule has 0 saturated carbocycles. The van der Waals surface area contributed by atoms with Crippen molar-refractivity contribution in [2.75, 3.05) is 26.9 Å². The van der Waals surface area contributed by atoms with Crippen molar-refractivity contribution in [2.45, 2.75) is 19.8 Å². The molecule has 1 aromatic heterocycles. The summed E-state index contributed by atoms with van der Waals surface area (Å²) in [6, 6.07) is 8.98. The number of nitrogens with one attached hydrogen (secondary N) is 2. The number of aromatic nitrogens is 1. The first-order valence-corrected chi connectivity index (χ1v) is 12.6. The molecule has 0 fully saturated rings. The van der Waals surface area contributed by atoms with Crippen LogP contribution in [0.2, 0.25) is 5.02 Å². The Labute approximate surface area is 224 Å². The van der Waals surface area contributed by atoms with E-state index in [0.717, 1.165) is 11.3 Å². The Kier molecular flexibility index (Phi) is 10.0. The number of carbonyl (C=O) groups is 2. The van der Waals surface area contributed by atoms with E-state index in [9.17, 15) is 28.5 Å². The zero-order chi connectivity index (χ0) is 27.8. The minimum absolute atomic E-state index is 0.0400. The fourth-order valence-electron chi connectivity index (χ4n) is 3.83. The summed E-state index contributed by atoms with van der Waals surface area (Å²) in [5, 5.41) is 10.3. The number of hydrogen-bond donors (Lipinski definition) is 3. The molecular formula is C23H25ClN4O9S. The number of ketones is 1. The molecule has 204 valence electrons. The molecule has 0 aliphatic carbocycles. The lowest BCUT2D eigenvalue weighted by atomic mass is 9.95. The van der Waals surface area contributed by atoms with Gasteiger partial charge in [-0.1, -0.05) is 11.6 Å². The normalized spacial score (nSPS) is 11.7. The molecule has 0 radical (unpaired) electrons. The van der Waals surface area contributed by atoms with Gasteiger partial charge in [0.1, 0.15) is 5.75 Å². The number of ether oxygens (including phenoxy) is 1. The summed E-state index contributed by atoms with van der Waals surface area (Å²) in [6.07, 6.45) is 0.209. The van der Waals surface area contributed by atoms with Crippen LogP contribution >= 0.6 is 11.6 Å². The number of urea groups is 1. The van der Waals surface area contributed by atoms with E-state index in [1.54, 1.807) is 36.4 Å². The van der Waals surface area contributed by atoms with Crippen LogP contribution in [0.5, 0.6) is 5.75 Å². The molecule has 3 N–H and O–H groups in total. The van der Waals surface area contributed by atoms with Gasteiger partial charge in [-0.2, -0.15) is 0 Å². The molecule has 1 atom stereocenters. The summed E-state index contributed by atoms with van der Waals surface area (Å²) in [5.41, 5.74) is 5.10. The highest BCUT2D eigenvalue weighted by Crippen LogP contribution is 2.34. The van der Waals surface area contributed by atoms with Crippen molar-refractivity contribution in [3.63, 3.8) is 0 Å². The summed E-state index contributed by atoms with van der Waals surface area (Å²) >= 11 is 3.28. The van der Waals surface area contributed by atoms with E-state index in [2.05, 4.69) is 15.3 Å². The lowest BCUT2D eigenvalue weighted by molar-refractivity contribution is -0.757. The van der Waals surface area contributed by atoms with Crippen molar-refractivity contribution in [3.05, 3.63) is 73.9 Å². The molecule has 0 aliphatic heterocycles. The van der Waals surface area contributed by atoms with Crippen LogP contribution in [0.25, 0.3) is 10.9 Å². The van der Waals surface area contributed by atoms with Crippen LogP contribution in [0.4, 0.5) is 4.79 Å². The second kappa shape index (κ2) is 13.2. The lowest BCUT2D eigenvalue weighted by Crippen LogP contribution is -2.42. The first-order chi connectivity index (χ1) is 18.1. The molecule has 3 aromatic rings. The van der Waals surface area contributed by atoms with E-state index in [0.29, 0.717) is 37.1 Å². The van der Waals surface area contributed by atoms with E-state index in [4.69, 9.17) is 21.2 Å². The Hall–Kier alpha value is -3.72. The number of benzene rings is 2. The summed E-state index contributed by atoms with van der Waals surface area (Å²) in [5.74, 6) is 0.120. The number of carbonyl (C=O) groups excluding carboxylic acids is 2. The molecule has 38 heavy (non-hydrogen) atoms. The summed E-state index contributed by atoms with van der Waals surface area (Å²) in [7, 11) is 1.47. The van der Waals surface area contributed by atoms with Gasteiger partial charge in [0.25, 0.3) is 16.4 Å². The monoisotopic (exact) mass is 568 g/mol. The average Bonchev–Trinajstić information content (AvgIpc) is 3.20. The number of methoxy groups -OCH3 is 1. The number of fused-ring (bicyclic) bond motifs is 1. The molecule has 1 unspecified atom stereocenters. The maximum Gasteiger partial charge on any atom is 0.354 e. The third kappa shape index (κ3) is 6.98. The minimum atomic E-state index is -2.69. The predicted molar refractivity (Wildman–Crippen MR) is 138 cm³/mol. The third-order valence-electron chi connectivity index (χ3n) is 5.53. The number of rotatable bonds is 13. The number of H-pyrrole nitrogens is 1. The Morgan fingerprint density at radius 3 is 2.55 bits per heavy atom. The number of nitrogens with zero attached hydrogens (tertiary/aromatic N) is 2. The maximum absolute atomic E-state index is 13.5. The minimum Gasteiger partial charge on any atom is -0.496 e. The number of aryl methyl sites for hydroxylation is 1. The number of hydroxylamine groups is 1. The SMILES string of the molecule is COc1ccc2[nH]c(C)c(CCONC(=O)N(CCCO[N+](=O)[O-])S(=O)O)c2c1C(=O)c1ccc(Cl)cc1. The Morgan fingerprint density at radius 2 is 1.92 bits per heavy atom. The van der Waals surface area contributed by atoms with Crippen LogP contribution in [-0.2, 0) is 27.4 Å². The molecule has 13 nitrogen and oxygen atoms in total. The summed E-state index contributed by atoms with van der Waals surface area (Å²) in [6.45, 7) is 1.15. The predicted octanol–water partition coefficient (Wildman–Crippen LogP) is 3.59. The molecular weight excluding hydrogens is 544 g/mol. The molecule has 2 aromatic carbocycles. The highest BCUT2D eigenvalue weighted by molar-refractivity contribution is 7.77. The van der Waals surface area contributed by atoms with Crippen LogP contribution in [0.15, 0.2) is 36.4 Å². The second-order valence-corrected chi connectivity index (χ2v) is 9.22. The number of hydrogen-bond acceptors (Lipinski definition) is 8. The molecule has 0 bridgehead atoms. The number of amides is 2. The molecule has 0 saturated heterocycles. The lowest BCUT2D eigenvalue weighted by Gasteiger charge is -2.18. The topological polar surface area (TPSA) is 173 Å². The smallest absolute Gasteiger partial charge is 0.354 e. The van der Waals surface area contributed by atoms with Crippen molar-refractivity contribution >= 4 is 45.6 Å². The number of halogens is 1. The first-order valence-electron chi connectivity index (χ1n) is 11.2. The fraction of sp³-hybridized carbons (Fsp3) is 0.304. The number of aromatic amines is 1. The highest BCUT2D eigenvalue weighted by atomic mass is 35.5. The molecule has 1 heterocycles. The Balaban J connectivity index is 1.74. The van der Waals surface area contributed by atoms with Crippen LogP contribution in [0, 0.1) is 17.0 Å². The first kappa shape index (κ1) is 28.8. The van der Waals surface area contributed by atoms with E-state index in [1.165, 1.54) is 7.11 Å². The van der Waals surface area contributed by atoms with Crippen molar-refractivity contribution < 1.29 is 37.8 Å². The summed E-state index contributed by atoms with van der Waals surface area (Å²) in [4.78, 5) is 48.5. The highest BCUT2D eigenvalue weighted by Gasteiger charge is 2.23. The zero-order valence-electron chi connectivity index (χ0n) is 20.4. The van der Waals surface area contributed by atoms with Gasteiger partial charge in [-0.15, -0.1) is 10.1 Å². The van der Waals surface area contributed by atoms with Crippen LogP contribution < -0.4 is 10.2 Å². The third-order valence-corrected chi connectivity index (χ3v) is 6.51. The average molecular weight is 569 g/mol. The molecule has 2 amide bonds. The molecule has 3 rings (SSSR count). The van der Waals surface area contributed by atoms with Gasteiger partial charge < -0.3 is 14.6 Å². The van der Waals surface area contributed by atoms with Gasteiger partial charge >= 0.3 is 6.03 Å². The van der Waals surface area contributed by atoms with Crippen molar-refractivity contribution in [1.82, 2.24) is 14.8 Å². The van der Waals surface area contributed by atoms with Gasteiger partial charge in [0.05, 0.1) is 25.9 Å². The van der Waals surface area contributed by atoms with E-state index in [-0.39, 0.29) is 38.4 Å². The van der Waals surface area contributed by atoms with Crippen LogP contribution in [-0.4, -0.2) is 61.8 Å². The van der Waals surface area contributed by atoms with Gasteiger partial charge in [-0.05, 0) is 55.3 Å². The van der Waals surface area contributed by atoms with Gasteiger partial charge in [-0.3, -0.25) is 14.2 Å². The van der Waals surface area contributed by atoms with Crippen molar-refractivity contribution in [3.8, 4) is 5.75 Å².